The number of aromatic carboxylic acids is 1. The van der Waals surface area contributed by atoms with E-state index in [-0.39, 0.29) is 5.69 Å². The van der Waals surface area contributed by atoms with E-state index in [0.29, 0.717) is 15.7 Å². The molecule has 0 unspecified atom stereocenters. The van der Waals surface area contributed by atoms with Gasteiger partial charge in [0.1, 0.15) is 0 Å². The first-order valence-electron chi connectivity index (χ1n) is 8.47. The van der Waals surface area contributed by atoms with E-state index in [1.54, 1.807) is 22.9 Å². The molecule has 0 fully saturated rings. The summed E-state index contributed by atoms with van der Waals surface area (Å²) in [6.45, 7) is 0. The van der Waals surface area contributed by atoms with Gasteiger partial charge in [0.05, 0.1) is 11.4 Å². The number of nitrogens with zero attached hydrogens (tertiary/aromatic N) is 2. The molecule has 1 aromatic heterocycles. The van der Waals surface area contributed by atoms with Crippen molar-refractivity contribution in [2.24, 2.45) is 0 Å². The summed E-state index contributed by atoms with van der Waals surface area (Å²) >= 11 is 12.3. The van der Waals surface area contributed by atoms with Crippen molar-refractivity contribution in [3.63, 3.8) is 0 Å². The van der Waals surface area contributed by atoms with Gasteiger partial charge in [-0.15, -0.1) is 0 Å². The van der Waals surface area contributed by atoms with Crippen LogP contribution in [0.15, 0.2) is 78.9 Å². The molecule has 0 aliphatic carbocycles. The first-order valence-corrected chi connectivity index (χ1v) is 9.23. The van der Waals surface area contributed by atoms with E-state index in [0.717, 1.165) is 22.4 Å². The number of hydrogen-bond donors (Lipinski definition) is 1. The lowest BCUT2D eigenvalue weighted by Gasteiger charge is -2.09. The number of carbonyl (C=O) groups is 1. The average Bonchev–Trinajstić information content (AvgIpc) is 3.15. The fourth-order valence-electron chi connectivity index (χ4n) is 3.00. The lowest BCUT2D eigenvalue weighted by atomic mass is 10.0. The molecule has 6 heteroatoms. The monoisotopic (exact) mass is 408 g/mol. The molecule has 0 atom stereocenters. The molecule has 28 heavy (non-hydrogen) atoms. The maximum Gasteiger partial charge on any atom is 0.356 e. The van der Waals surface area contributed by atoms with Gasteiger partial charge in [-0.3, -0.25) is 0 Å². The third-order valence-corrected chi connectivity index (χ3v) is 4.90. The summed E-state index contributed by atoms with van der Waals surface area (Å²) < 4.78 is 1.63. The van der Waals surface area contributed by atoms with E-state index in [1.807, 2.05) is 60.7 Å². The van der Waals surface area contributed by atoms with Gasteiger partial charge in [-0.25, -0.2) is 9.48 Å². The van der Waals surface area contributed by atoms with E-state index in [9.17, 15) is 9.90 Å². The Kier molecular flexibility index (Phi) is 4.90. The number of hydrogen-bond acceptors (Lipinski definition) is 2. The minimum absolute atomic E-state index is 0.0105. The van der Waals surface area contributed by atoms with Crippen molar-refractivity contribution < 1.29 is 9.90 Å². The number of benzene rings is 3. The van der Waals surface area contributed by atoms with Crippen LogP contribution in [0.1, 0.15) is 10.5 Å². The van der Waals surface area contributed by atoms with Gasteiger partial charge >= 0.3 is 5.97 Å². The zero-order chi connectivity index (χ0) is 19.7. The average molecular weight is 409 g/mol. The largest absolute Gasteiger partial charge is 0.476 e. The number of carboxylic acid groups (broad SMARTS) is 1. The lowest BCUT2D eigenvalue weighted by Crippen LogP contribution is -2.02. The molecule has 1 heterocycles. The third kappa shape index (κ3) is 3.52. The lowest BCUT2D eigenvalue weighted by molar-refractivity contribution is 0.0690. The molecule has 0 radical (unpaired) electrons. The predicted octanol–water partition coefficient (Wildman–Crippen LogP) is 6.21. The number of aromatic nitrogens is 2. The quantitative estimate of drug-likeness (QED) is 0.436. The standard InChI is InChI=1S/C22H14Cl2N2O2/c23-16-10-11-18(19(24)12-16)14-6-8-15(9-7-14)21-13-20(22(27)28)25-26(21)17-4-2-1-3-5-17/h1-13H,(H,27,28). The Morgan fingerprint density at radius 2 is 1.54 bits per heavy atom. The van der Waals surface area contributed by atoms with Gasteiger partial charge in [0.15, 0.2) is 5.69 Å². The summed E-state index contributed by atoms with van der Waals surface area (Å²) in [6.07, 6.45) is 0. The van der Waals surface area contributed by atoms with Gasteiger partial charge in [-0.1, -0.05) is 71.7 Å². The Morgan fingerprint density at radius 1 is 0.857 bits per heavy atom. The van der Waals surface area contributed by atoms with Gasteiger partial charge in [0.25, 0.3) is 0 Å². The van der Waals surface area contributed by atoms with Crippen LogP contribution in [-0.4, -0.2) is 20.9 Å². The van der Waals surface area contributed by atoms with Gasteiger partial charge in [0, 0.05) is 21.2 Å². The molecule has 3 aromatic carbocycles. The van der Waals surface area contributed by atoms with Gasteiger partial charge in [0.2, 0.25) is 0 Å². The molecule has 0 spiro atoms. The molecule has 4 rings (SSSR count). The highest BCUT2D eigenvalue weighted by Gasteiger charge is 2.16. The van der Waals surface area contributed by atoms with Crippen LogP contribution in [0.25, 0.3) is 28.1 Å². The molecule has 0 aliphatic heterocycles. The van der Waals surface area contributed by atoms with Crippen LogP contribution in [0.4, 0.5) is 0 Å². The van der Waals surface area contributed by atoms with E-state index in [2.05, 4.69) is 5.10 Å². The summed E-state index contributed by atoms with van der Waals surface area (Å²) in [6, 6.07) is 24.1. The number of halogens is 2. The molecule has 0 saturated heterocycles. The summed E-state index contributed by atoms with van der Waals surface area (Å²) in [4.78, 5) is 11.4. The smallest absolute Gasteiger partial charge is 0.356 e. The maximum absolute atomic E-state index is 11.4. The van der Waals surface area contributed by atoms with Crippen molar-refractivity contribution in [1.82, 2.24) is 9.78 Å². The van der Waals surface area contributed by atoms with Crippen LogP contribution >= 0.6 is 23.2 Å². The van der Waals surface area contributed by atoms with Crippen LogP contribution in [-0.2, 0) is 0 Å². The van der Waals surface area contributed by atoms with E-state index < -0.39 is 5.97 Å². The molecule has 1 N–H and O–H groups in total. The first kappa shape index (κ1) is 18.3. The van der Waals surface area contributed by atoms with E-state index >= 15 is 0 Å². The number of carboxylic acids is 1. The second kappa shape index (κ2) is 7.50. The number of para-hydroxylation sites is 1. The highest BCUT2D eigenvalue weighted by molar-refractivity contribution is 6.36. The first-order chi connectivity index (χ1) is 13.5. The molecule has 0 amide bonds. The Balaban J connectivity index is 1.78. The summed E-state index contributed by atoms with van der Waals surface area (Å²) in [5, 5.41) is 14.8. The minimum atomic E-state index is -1.07. The maximum atomic E-state index is 11.4. The zero-order valence-corrected chi connectivity index (χ0v) is 16.0. The zero-order valence-electron chi connectivity index (χ0n) is 14.5. The van der Waals surface area contributed by atoms with Crippen molar-refractivity contribution in [3.05, 3.63) is 94.6 Å². The van der Waals surface area contributed by atoms with Gasteiger partial charge < -0.3 is 5.11 Å². The SMILES string of the molecule is O=C(O)c1cc(-c2ccc(-c3ccc(Cl)cc3Cl)cc2)n(-c2ccccc2)n1. The third-order valence-electron chi connectivity index (χ3n) is 4.35. The van der Waals surface area contributed by atoms with Gasteiger partial charge in [-0.2, -0.15) is 5.10 Å². The Labute approximate surface area is 171 Å². The second-order valence-corrected chi connectivity index (χ2v) is 7.01. The van der Waals surface area contributed by atoms with Crippen LogP contribution in [0.3, 0.4) is 0 Å². The summed E-state index contributed by atoms with van der Waals surface area (Å²) in [5.41, 5.74) is 4.13. The topological polar surface area (TPSA) is 55.1 Å². The fraction of sp³-hybridized carbons (Fsp3) is 0. The van der Waals surface area contributed by atoms with Crippen LogP contribution in [0, 0.1) is 0 Å². The normalized spacial score (nSPS) is 10.8. The summed E-state index contributed by atoms with van der Waals surface area (Å²) in [5.74, 6) is -1.07. The molecular weight excluding hydrogens is 395 g/mol. The minimum Gasteiger partial charge on any atom is -0.476 e. The Morgan fingerprint density at radius 3 is 2.18 bits per heavy atom. The van der Waals surface area contributed by atoms with E-state index in [4.69, 9.17) is 23.2 Å². The van der Waals surface area contributed by atoms with Crippen molar-refractivity contribution in [1.29, 1.82) is 0 Å². The highest BCUT2D eigenvalue weighted by Crippen LogP contribution is 2.32. The van der Waals surface area contributed by atoms with Crippen molar-refractivity contribution >= 4 is 29.2 Å². The summed E-state index contributed by atoms with van der Waals surface area (Å²) in [7, 11) is 0. The molecule has 4 aromatic rings. The van der Waals surface area contributed by atoms with Crippen molar-refractivity contribution in [2.75, 3.05) is 0 Å². The molecule has 0 saturated carbocycles. The van der Waals surface area contributed by atoms with Crippen LogP contribution in [0.5, 0.6) is 0 Å². The van der Waals surface area contributed by atoms with Crippen LogP contribution in [0.2, 0.25) is 10.0 Å². The number of rotatable bonds is 4. The molecule has 138 valence electrons. The second-order valence-electron chi connectivity index (χ2n) is 6.17. The predicted molar refractivity (Wildman–Crippen MR) is 111 cm³/mol. The van der Waals surface area contributed by atoms with Crippen molar-refractivity contribution in [3.8, 4) is 28.1 Å². The van der Waals surface area contributed by atoms with E-state index in [1.165, 1.54) is 0 Å². The Hall–Kier alpha value is -3.08. The highest BCUT2D eigenvalue weighted by atomic mass is 35.5. The fourth-order valence-corrected chi connectivity index (χ4v) is 3.52. The van der Waals surface area contributed by atoms with Crippen molar-refractivity contribution in [2.45, 2.75) is 0 Å². The molecule has 0 aliphatic rings. The molecular formula is C22H14Cl2N2O2. The Bertz CT molecular complexity index is 1150. The molecule has 4 nitrogen and oxygen atoms in total. The van der Waals surface area contributed by atoms with Gasteiger partial charge in [-0.05, 0) is 35.9 Å². The van der Waals surface area contributed by atoms with Crippen LogP contribution < -0.4 is 0 Å². The molecule has 0 bridgehead atoms.